The number of amides is 1. The summed E-state index contributed by atoms with van der Waals surface area (Å²) in [6.45, 7) is 1.92. The molecule has 1 saturated carbocycles. The lowest BCUT2D eigenvalue weighted by atomic mass is 10.2. The lowest BCUT2D eigenvalue weighted by molar-refractivity contribution is -0.118. The number of aromatic nitrogens is 4. The van der Waals surface area contributed by atoms with Crippen LogP contribution in [0, 0.1) is 6.92 Å². The van der Waals surface area contributed by atoms with E-state index in [1.807, 2.05) is 54.1 Å². The minimum Gasteiger partial charge on any atom is -0.483 e. The van der Waals surface area contributed by atoms with E-state index < -0.39 is 0 Å². The Bertz CT molecular complexity index is 984. The van der Waals surface area contributed by atoms with E-state index in [4.69, 9.17) is 4.74 Å². The maximum Gasteiger partial charge on any atom is 0.262 e. The van der Waals surface area contributed by atoms with Crippen molar-refractivity contribution in [3.8, 4) is 17.1 Å². The van der Waals surface area contributed by atoms with Crippen LogP contribution in [0.2, 0.25) is 0 Å². The third kappa shape index (κ3) is 4.16. The second-order valence-electron chi connectivity index (χ2n) is 6.53. The highest BCUT2D eigenvalue weighted by molar-refractivity contribution is 9.10. The van der Waals surface area contributed by atoms with Crippen LogP contribution in [-0.2, 0) is 4.79 Å². The first kappa shape index (κ1) is 17.7. The highest BCUT2D eigenvalue weighted by Gasteiger charge is 2.28. The molecule has 1 N–H and O–H groups in total. The quantitative estimate of drug-likeness (QED) is 0.647. The number of nitrogens with one attached hydrogen (secondary N) is 1. The number of halogens is 1. The zero-order valence-electron chi connectivity index (χ0n) is 14.7. The van der Waals surface area contributed by atoms with Gasteiger partial charge in [0.1, 0.15) is 5.75 Å². The lowest BCUT2D eigenvalue weighted by Gasteiger charge is -2.10. The van der Waals surface area contributed by atoms with Crippen molar-refractivity contribution in [1.29, 1.82) is 0 Å². The van der Waals surface area contributed by atoms with Crippen LogP contribution in [0.5, 0.6) is 5.75 Å². The van der Waals surface area contributed by atoms with Gasteiger partial charge in [0.05, 0.1) is 10.5 Å². The predicted molar refractivity (Wildman–Crippen MR) is 105 cm³/mol. The van der Waals surface area contributed by atoms with Gasteiger partial charge in [0.25, 0.3) is 5.91 Å². The highest BCUT2D eigenvalue weighted by Crippen LogP contribution is 2.36. The molecule has 0 aliphatic heterocycles. The molecule has 1 fully saturated rings. The summed E-state index contributed by atoms with van der Waals surface area (Å²) in [7, 11) is 0. The molecule has 3 aromatic rings. The first-order chi connectivity index (χ1) is 13.1. The standard InChI is InChI=1S/C19H18BrN5O2/c1-12-5-8-17(16(20)9-12)27-11-18(26)21-14-4-2-3-13(10-14)19-22-23-24-25(19)15-6-7-15/h2-5,8-10,15H,6-7,11H2,1H3,(H,21,26). The van der Waals surface area contributed by atoms with Crippen LogP contribution in [0.3, 0.4) is 0 Å². The molecule has 4 rings (SSSR count). The number of carbonyl (C=O) groups excluding carboxylic acids is 1. The SMILES string of the molecule is Cc1ccc(OCC(=O)Nc2cccc(-c3nnnn3C3CC3)c2)c(Br)c1. The van der Waals surface area contributed by atoms with Crippen LogP contribution in [0.25, 0.3) is 11.4 Å². The molecule has 0 unspecified atom stereocenters. The number of rotatable bonds is 6. The van der Waals surface area contributed by atoms with E-state index >= 15 is 0 Å². The van der Waals surface area contributed by atoms with E-state index in [0.717, 1.165) is 28.4 Å². The summed E-state index contributed by atoms with van der Waals surface area (Å²) in [5, 5.41) is 14.8. The van der Waals surface area contributed by atoms with E-state index in [2.05, 4.69) is 36.8 Å². The van der Waals surface area contributed by atoms with Crippen molar-refractivity contribution in [2.75, 3.05) is 11.9 Å². The lowest BCUT2D eigenvalue weighted by Crippen LogP contribution is -2.20. The molecular formula is C19H18BrN5O2. The third-order valence-electron chi connectivity index (χ3n) is 4.24. The highest BCUT2D eigenvalue weighted by atomic mass is 79.9. The Kier molecular flexibility index (Phi) is 4.89. The smallest absolute Gasteiger partial charge is 0.262 e. The van der Waals surface area contributed by atoms with Gasteiger partial charge in [0.15, 0.2) is 12.4 Å². The van der Waals surface area contributed by atoms with Gasteiger partial charge in [-0.3, -0.25) is 4.79 Å². The molecule has 0 radical (unpaired) electrons. The summed E-state index contributed by atoms with van der Waals surface area (Å²) in [6.07, 6.45) is 2.20. The Hall–Kier alpha value is -2.74. The molecule has 0 spiro atoms. The Morgan fingerprint density at radius 1 is 1.30 bits per heavy atom. The van der Waals surface area contributed by atoms with Crippen molar-refractivity contribution in [1.82, 2.24) is 20.2 Å². The summed E-state index contributed by atoms with van der Waals surface area (Å²) < 4.78 is 8.26. The summed E-state index contributed by atoms with van der Waals surface area (Å²) in [5.74, 6) is 1.11. The average Bonchev–Trinajstić information content (AvgIpc) is 3.37. The number of anilines is 1. The van der Waals surface area contributed by atoms with Gasteiger partial charge >= 0.3 is 0 Å². The second-order valence-corrected chi connectivity index (χ2v) is 7.38. The largest absolute Gasteiger partial charge is 0.483 e. The number of aryl methyl sites for hydroxylation is 1. The first-order valence-electron chi connectivity index (χ1n) is 8.67. The molecule has 0 atom stereocenters. The number of nitrogens with zero attached hydrogens (tertiary/aromatic N) is 4. The molecule has 7 nitrogen and oxygen atoms in total. The number of ether oxygens (including phenoxy) is 1. The number of tetrazole rings is 1. The zero-order chi connectivity index (χ0) is 18.8. The van der Waals surface area contributed by atoms with E-state index in [1.54, 1.807) is 0 Å². The van der Waals surface area contributed by atoms with Gasteiger partial charge in [-0.2, -0.15) is 0 Å². The third-order valence-corrected chi connectivity index (χ3v) is 4.86. The molecule has 138 valence electrons. The van der Waals surface area contributed by atoms with E-state index in [-0.39, 0.29) is 12.5 Å². The van der Waals surface area contributed by atoms with Gasteiger partial charge in [-0.1, -0.05) is 18.2 Å². The molecule has 1 aromatic heterocycles. The van der Waals surface area contributed by atoms with Gasteiger partial charge < -0.3 is 10.1 Å². The monoisotopic (exact) mass is 427 g/mol. The fourth-order valence-electron chi connectivity index (χ4n) is 2.75. The fraction of sp³-hybridized carbons (Fsp3) is 0.263. The predicted octanol–water partition coefficient (Wildman–Crippen LogP) is 3.76. The maximum atomic E-state index is 12.3. The number of carbonyl (C=O) groups is 1. The minimum atomic E-state index is -0.235. The van der Waals surface area contributed by atoms with E-state index in [0.29, 0.717) is 23.3 Å². The molecule has 1 aliphatic rings. The molecular weight excluding hydrogens is 410 g/mol. The van der Waals surface area contributed by atoms with E-state index in [1.165, 1.54) is 0 Å². The first-order valence-corrected chi connectivity index (χ1v) is 9.46. The van der Waals surface area contributed by atoms with Crippen LogP contribution in [0.1, 0.15) is 24.4 Å². The fourth-order valence-corrected chi connectivity index (χ4v) is 3.36. The Balaban J connectivity index is 1.42. The topological polar surface area (TPSA) is 81.9 Å². The van der Waals surface area contributed by atoms with Gasteiger partial charge in [-0.05, 0) is 76.0 Å². The minimum absolute atomic E-state index is 0.0777. The molecule has 1 heterocycles. The maximum absolute atomic E-state index is 12.3. The molecule has 27 heavy (non-hydrogen) atoms. The normalized spacial score (nSPS) is 13.4. The van der Waals surface area contributed by atoms with Crippen LogP contribution < -0.4 is 10.1 Å². The van der Waals surface area contributed by atoms with Crippen molar-refractivity contribution in [3.63, 3.8) is 0 Å². The molecule has 8 heteroatoms. The Morgan fingerprint density at radius 2 is 2.15 bits per heavy atom. The number of hydrogen-bond donors (Lipinski definition) is 1. The van der Waals surface area contributed by atoms with Crippen molar-refractivity contribution in [3.05, 3.63) is 52.5 Å². The van der Waals surface area contributed by atoms with Crippen molar-refractivity contribution in [2.24, 2.45) is 0 Å². The van der Waals surface area contributed by atoms with Crippen LogP contribution in [0.15, 0.2) is 46.9 Å². The number of benzene rings is 2. The molecule has 1 aliphatic carbocycles. The van der Waals surface area contributed by atoms with Gasteiger partial charge in [0, 0.05) is 11.3 Å². The Labute approximate surface area is 164 Å². The second kappa shape index (κ2) is 7.48. The van der Waals surface area contributed by atoms with Crippen LogP contribution >= 0.6 is 15.9 Å². The van der Waals surface area contributed by atoms with E-state index in [9.17, 15) is 4.79 Å². The van der Waals surface area contributed by atoms with Crippen LogP contribution in [-0.4, -0.2) is 32.7 Å². The summed E-state index contributed by atoms with van der Waals surface area (Å²) in [4.78, 5) is 12.3. The average molecular weight is 428 g/mol. The van der Waals surface area contributed by atoms with Gasteiger partial charge in [-0.25, -0.2) is 4.68 Å². The summed E-state index contributed by atoms with van der Waals surface area (Å²) in [5.41, 5.74) is 2.66. The zero-order valence-corrected chi connectivity index (χ0v) is 16.3. The molecule has 0 saturated heterocycles. The Morgan fingerprint density at radius 3 is 2.93 bits per heavy atom. The van der Waals surface area contributed by atoms with Gasteiger partial charge in [0.2, 0.25) is 0 Å². The van der Waals surface area contributed by atoms with Crippen LogP contribution in [0.4, 0.5) is 5.69 Å². The molecule has 0 bridgehead atoms. The van der Waals surface area contributed by atoms with Crippen molar-refractivity contribution in [2.45, 2.75) is 25.8 Å². The van der Waals surface area contributed by atoms with Gasteiger partial charge in [-0.15, -0.1) is 5.10 Å². The van der Waals surface area contributed by atoms with Crippen molar-refractivity contribution < 1.29 is 9.53 Å². The van der Waals surface area contributed by atoms with Crippen molar-refractivity contribution >= 4 is 27.5 Å². The molecule has 1 amide bonds. The number of hydrogen-bond acceptors (Lipinski definition) is 5. The summed E-state index contributed by atoms with van der Waals surface area (Å²) in [6, 6.07) is 13.6. The molecule has 2 aromatic carbocycles. The summed E-state index contributed by atoms with van der Waals surface area (Å²) >= 11 is 3.44.